The molecule has 6 nitrogen and oxygen atoms in total. The van der Waals surface area contributed by atoms with E-state index in [2.05, 4.69) is 0 Å². The highest BCUT2D eigenvalue weighted by Gasteiger charge is 2.21. The Kier molecular flexibility index (Phi) is 4.17. The van der Waals surface area contributed by atoms with E-state index in [1.165, 1.54) is 47.0 Å². The molecular weight excluding hydrogens is 300 g/mol. The highest BCUT2D eigenvalue weighted by atomic mass is 32.2. The van der Waals surface area contributed by atoms with Crippen molar-refractivity contribution in [2.45, 2.75) is 11.4 Å². The van der Waals surface area contributed by atoms with Gasteiger partial charge in [0.15, 0.2) is 0 Å². The average Bonchev–Trinajstić information content (AvgIpc) is 2.91. The molecule has 106 valence electrons. The van der Waals surface area contributed by atoms with Crippen LogP contribution < -0.4 is 0 Å². The van der Waals surface area contributed by atoms with Crippen LogP contribution in [-0.4, -0.2) is 24.7 Å². The minimum Gasteiger partial charge on any atom is -0.258 e. The quantitative estimate of drug-likeness (QED) is 0.627. The van der Waals surface area contributed by atoms with Gasteiger partial charge in [-0.15, -0.1) is 11.3 Å². The molecule has 8 heteroatoms. The lowest BCUT2D eigenvalue weighted by atomic mass is 10.3. The molecular formula is C12H12N2O4S2. The Morgan fingerprint density at radius 3 is 2.40 bits per heavy atom. The Balaban J connectivity index is 2.23. The minimum absolute atomic E-state index is 0.0437. The first kappa shape index (κ1) is 14.6. The zero-order valence-electron chi connectivity index (χ0n) is 10.6. The first-order valence-electron chi connectivity index (χ1n) is 5.64. The lowest BCUT2D eigenvalue weighted by molar-refractivity contribution is -0.384. The Labute approximate surface area is 120 Å². The zero-order valence-corrected chi connectivity index (χ0v) is 12.2. The molecule has 0 saturated carbocycles. The summed E-state index contributed by atoms with van der Waals surface area (Å²) in [5, 5.41) is 12.4. The van der Waals surface area contributed by atoms with E-state index in [1.54, 1.807) is 0 Å². The van der Waals surface area contributed by atoms with Gasteiger partial charge in [0, 0.05) is 30.6 Å². The second-order valence-electron chi connectivity index (χ2n) is 4.09. The van der Waals surface area contributed by atoms with Crippen LogP contribution in [0.4, 0.5) is 5.69 Å². The smallest absolute Gasteiger partial charge is 0.258 e. The van der Waals surface area contributed by atoms with E-state index < -0.39 is 14.9 Å². The largest absolute Gasteiger partial charge is 0.269 e. The van der Waals surface area contributed by atoms with Crippen molar-refractivity contribution in [3.05, 3.63) is 56.8 Å². The van der Waals surface area contributed by atoms with Gasteiger partial charge in [0.2, 0.25) is 10.0 Å². The molecule has 1 heterocycles. The van der Waals surface area contributed by atoms with E-state index in [0.29, 0.717) is 0 Å². The van der Waals surface area contributed by atoms with E-state index in [1.807, 2.05) is 17.5 Å². The zero-order chi connectivity index (χ0) is 14.8. The molecule has 0 spiro atoms. The molecule has 1 aromatic carbocycles. The topological polar surface area (TPSA) is 80.5 Å². The van der Waals surface area contributed by atoms with E-state index >= 15 is 0 Å². The molecule has 0 N–H and O–H groups in total. The molecule has 0 aliphatic rings. The van der Waals surface area contributed by atoms with Gasteiger partial charge in [-0.05, 0) is 23.6 Å². The van der Waals surface area contributed by atoms with Crippen LogP contribution in [0.2, 0.25) is 0 Å². The predicted octanol–water partition coefficient (Wildman–Crippen LogP) is 2.48. The van der Waals surface area contributed by atoms with Gasteiger partial charge in [-0.1, -0.05) is 6.07 Å². The van der Waals surface area contributed by atoms with Gasteiger partial charge < -0.3 is 0 Å². The van der Waals surface area contributed by atoms with Crippen molar-refractivity contribution in [2.24, 2.45) is 0 Å². The number of hydrogen-bond acceptors (Lipinski definition) is 5. The van der Waals surface area contributed by atoms with E-state index in [4.69, 9.17) is 0 Å². The Morgan fingerprint density at radius 2 is 1.90 bits per heavy atom. The van der Waals surface area contributed by atoms with Crippen LogP contribution in [0.25, 0.3) is 0 Å². The molecule has 0 radical (unpaired) electrons. The highest BCUT2D eigenvalue weighted by molar-refractivity contribution is 7.89. The van der Waals surface area contributed by atoms with Gasteiger partial charge in [0.25, 0.3) is 5.69 Å². The standard InChI is InChI=1S/C12H12N2O4S2/c1-13(9-11-3-2-8-19-11)20(17,18)12-6-4-10(5-7-12)14(15)16/h2-8H,9H2,1H3. The summed E-state index contributed by atoms with van der Waals surface area (Å²) in [6.45, 7) is 0.275. The van der Waals surface area contributed by atoms with Crippen molar-refractivity contribution in [3.63, 3.8) is 0 Å². The number of benzene rings is 1. The van der Waals surface area contributed by atoms with Crippen molar-refractivity contribution in [1.82, 2.24) is 4.31 Å². The third-order valence-electron chi connectivity index (χ3n) is 2.71. The van der Waals surface area contributed by atoms with Crippen LogP contribution >= 0.6 is 11.3 Å². The maximum absolute atomic E-state index is 12.3. The minimum atomic E-state index is -3.64. The van der Waals surface area contributed by atoms with Crippen molar-refractivity contribution in [3.8, 4) is 0 Å². The van der Waals surface area contributed by atoms with Crippen molar-refractivity contribution < 1.29 is 13.3 Å². The number of hydrogen-bond donors (Lipinski definition) is 0. The molecule has 0 atom stereocenters. The molecule has 2 rings (SSSR count). The highest BCUT2D eigenvalue weighted by Crippen LogP contribution is 2.21. The van der Waals surface area contributed by atoms with Crippen LogP contribution in [0.5, 0.6) is 0 Å². The van der Waals surface area contributed by atoms with Gasteiger partial charge in [-0.25, -0.2) is 8.42 Å². The summed E-state index contributed by atoms with van der Waals surface area (Å²) in [5.41, 5.74) is -0.134. The van der Waals surface area contributed by atoms with Crippen molar-refractivity contribution >= 4 is 27.0 Å². The monoisotopic (exact) mass is 312 g/mol. The summed E-state index contributed by atoms with van der Waals surface area (Å²) in [6, 6.07) is 8.58. The summed E-state index contributed by atoms with van der Waals surface area (Å²) in [5.74, 6) is 0. The fraction of sp³-hybridized carbons (Fsp3) is 0.167. The first-order valence-corrected chi connectivity index (χ1v) is 7.96. The molecule has 0 saturated heterocycles. The van der Waals surface area contributed by atoms with Gasteiger partial charge in [0.1, 0.15) is 0 Å². The van der Waals surface area contributed by atoms with Gasteiger partial charge in [-0.3, -0.25) is 10.1 Å². The van der Waals surface area contributed by atoms with Crippen LogP contribution in [0.3, 0.4) is 0 Å². The lowest BCUT2D eigenvalue weighted by Gasteiger charge is -2.16. The third-order valence-corrected chi connectivity index (χ3v) is 5.39. The predicted molar refractivity (Wildman–Crippen MR) is 76.1 cm³/mol. The molecule has 20 heavy (non-hydrogen) atoms. The Hall–Kier alpha value is -1.77. The number of sulfonamides is 1. The molecule has 0 amide bonds. The fourth-order valence-electron chi connectivity index (χ4n) is 1.63. The number of nitro benzene ring substituents is 1. The van der Waals surface area contributed by atoms with Gasteiger partial charge >= 0.3 is 0 Å². The van der Waals surface area contributed by atoms with E-state index in [-0.39, 0.29) is 17.1 Å². The van der Waals surface area contributed by atoms with E-state index in [9.17, 15) is 18.5 Å². The maximum atomic E-state index is 12.3. The molecule has 1 aromatic heterocycles. The summed E-state index contributed by atoms with van der Waals surface area (Å²) < 4.78 is 25.8. The Bertz CT molecular complexity index is 694. The van der Waals surface area contributed by atoms with Crippen LogP contribution in [0, 0.1) is 10.1 Å². The molecule has 0 unspecified atom stereocenters. The fourth-order valence-corrected chi connectivity index (χ4v) is 3.61. The van der Waals surface area contributed by atoms with Crippen molar-refractivity contribution in [2.75, 3.05) is 7.05 Å². The molecule has 0 bridgehead atoms. The SMILES string of the molecule is CN(Cc1cccs1)S(=O)(=O)c1ccc([N+](=O)[O-])cc1. The van der Waals surface area contributed by atoms with Crippen LogP contribution in [0.1, 0.15) is 4.88 Å². The summed E-state index contributed by atoms with van der Waals surface area (Å²) >= 11 is 1.47. The first-order chi connectivity index (χ1) is 9.41. The number of rotatable bonds is 5. The summed E-state index contributed by atoms with van der Waals surface area (Å²) in [4.78, 5) is 11.0. The number of non-ortho nitro benzene ring substituents is 1. The Morgan fingerprint density at radius 1 is 1.25 bits per heavy atom. The normalized spacial score (nSPS) is 11.7. The van der Waals surface area contributed by atoms with E-state index in [0.717, 1.165) is 4.88 Å². The van der Waals surface area contributed by atoms with Crippen LogP contribution in [0.15, 0.2) is 46.7 Å². The maximum Gasteiger partial charge on any atom is 0.269 e. The molecule has 0 fully saturated rings. The third kappa shape index (κ3) is 3.03. The second-order valence-corrected chi connectivity index (χ2v) is 7.17. The molecule has 0 aliphatic heterocycles. The molecule has 2 aromatic rings. The number of nitro groups is 1. The summed E-state index contributed by atoms with van der Waals surface area (Å²) in [7, 11) is -2.16. The second kappa shape index (κ2) is 5.70. The van der Waals surface area contributed by atoms with Crippen molar-refractivity contribution in [1.29, 1.82) is 0 Å². The molecule has 0 aliphatic carbocycles. The summed E-state index contributed by atoms with van der Waals surface area (Å²) in [6.07, 6.45) is 0. The van der Waals surface area contributed by atoms with Gasteiger partial charge in [-0.2, -0.15) is 4.31 Å². The average molecular weight is 312 g/mol. The number of nitrogens with zero attached hydrogens (tertiary/aromatic N) is 2. The lowest BCUT2D eigenvalue weighted by Crippen LogP contribution is -2.26. The number of thiophene rings is 1. The van der Waals surface area contributed by atoms with Crippen LogP contribution in [-0.2, 0) is 16.6 Å². The van der Waals surface area contributed by atoms with Gasteiger partial charge in [0.05, 0.1) is 9.82 Å².